The van der Waals surface area contributed by atoms with Gasteiger partial charge >= 0.3 is 0 Å². The fraction of sp³-hybridized carbons (Fsp3) is 0.250. The number of nitrogens with zero attached hydrogens (tertiary/aromatic N) is 2. The molecule has 1 heterocycles. The van der Waals surface area contributed by atoms with Gasteiger partial charge in [-0.1, -0.05) is 24.3 Å². The molecule has 0 saturated carbocycles. The monoisotopic (exact) mass is 388 g/mol. The van der Waals surface area contributed by atoms with Crippen molar-refractivity contribution >= 4 is 28.1 Å². The van der Waals surface area contributed by atoms with Crippen molar-refractivity contribution in [1.29, 1.82) is 0 Å². The molecule has 26 heavy (non-hydrogen) atoms. The number of methoxy groups -OCH3 is 2. The molecule has 3 rings (SSSR count). The zero-order valence-electron chi connectivity index (χ0n) is 14.8. The van der Waals surface area contributed by atoms with Crippen molar-refractivity contribution in [1.82, 2.24) is 4.98 Å². The predicted molar refractivity (Wildman–Crippen MR) is 108 cm³/mol. The second kappa shape index (κ2) is 8.92. The van der Waals surface area contributed by atoms with E-state index in [4.69, 9.17) is 21.1 Å². The molecule has 0 amide bonds. The Morgan fingerprint density at radius 3 is 1.77 bits per heavy atom. The molecule has 0 unspecified atom stereocenters. The summed E-state index contributed by atoms with van der Waals surface area (Å²) in [5, 5.41) is 2.98. The van der Waals surface area contributed by atoms with Gasteiger partial charge in [0.2, 0.25) is 0 Å². The zero-order valence-corrected chi connectivity index (χ0v) is 16.4. The van der Waals surface area contributed by atoms with Crippen LogP contribution >= 0.6 is 22.9 Å². The van der Waals surface area contributed by atoms with Gasteiger partial charge < -0.3 is 14.4 Å². The van der Waals surface area contributed by atoms with E-state index >= 15 is 0 Å². The second-order valence-corrected chi connectivity index (χ2v) is 6.91. The fourth-order valence-corrected chi connectivity index (χ4v) is 3.65. The molecule has 0 aliphatic carbocycles. The molecule has 0 bridgehead atoms. The maximum atomic E-state index is 5.93. The SMILES string of the molecule is COc1ccc(CN(Cc2ccc(OC)cc2)c2nc(CCl)cs2)cc1. The highest BCUT2D eigenvalue weighted by atomic mass is 35.5. The van der Waals surface area contributed by atoms with Gasteiger partial charge in [0.1, 0.15) is 11.5 Å². The number of hydrogen-bond acceptors (Lipinski definition) is 5. The van der Waals surface area contributed by atoms with Crippen LogP contribution in [0.25, 0.3) is 0 Å². The first-order chi connectivity index (χ1) is 12.7. The summed E-state index contributed by atoms with van der Waals surface area (Å²) >= 11 is 7.55. The third kappa shape index (κ3) is 4.68. The Hall–Kier alpha value is -2.24. The molecule has 1 aromatic heterocycles. The minimum Gasteiger partial charge on any atom is -0.497 e. The van der Waals surface area contributed by atoms with Crippen LogP contribution in [0.5, 0.6) is 11.5 Å². The number of anilines is 1. The summed E-state index contributed by atoms with van der Waals surface area (Å²) in [6.45, 7) is 1.51. The van der Waals surface area contributed by atoms with Crippen molar-refractivity contribution < 1.29 is 9.47 Å². The van der Waals surface area contributed by atoms with Crippen LogP contribution in [0.4, 0.5) is 5.13 Å². The van der Waals surface area contributed by atoms with Gasteiger partial charge in [0.25, 0.3) is 0 Å². The number of aromatic nitrogens is 1. The van der Waals surface area contributed by atoms with E-state index in [1.807, 2.05) is 29.6 Å². The summed E-state index contributed by atoms with van der Waals surface area (Å²) in [6, 6.07) is 16.2. The first-order valence-electron chi connectivity index (χ1n) is 8.23. The van der Waals surface area contributed by atoms with E-state index in [0.29, 0.717) is 5.88 Å². The van der Waals surface area contributed by atoms with E-state index in [1.54, 1.807) is 25.6 Å². The smallest absolute Gasteiger partial charge is 0.186 e. The number of halogens is 1. The summed E-state index contributed by atoms with van der Waals surface area (Å²) in [4.78, 5) is 6.91. The lowest BCUT2D eigenvalue weighted by molar-refractivity contribution is 0.414. The van der Waals surface area contributed by atoms with E-state index in [2.05, 4.69) is 34.1 Å². The van der Waals surface area contributed by atoms with Gasteiger partial charge in [-0.25, -0.2) is 4.98 Å². The van der Waals surface area contributed by atoms with E-state index in [-0.39, 0.29) is 0 Å². The Morgan fingerprint density at radius 1 is 0.885 bits per heavy atom. The molecule has 0 saturated heterocycles. The van der Waals surface area contributed by atoms with Crippen molar-refractivity contribution in [3.05, 3.63) is 70.7 Å². The number of hydrogen-bond donors (Lipinski definition) is 0. The summed E-state index contributed by atoms with van der Waals surface area (Å²) in [6.07, 6.45) is 0. The van der Waals surface area contributed by atoms with Crippen molar-refractivity contribution in [3.63, 3.8) is 0 Å². The highest BCUT2D eigenvalue weighted by Crippen LogP contribution is 2.26. The topological polar surface area (TPSA) is 34.6 Å². The second-order valence-electron chi connectivity index (χ2n) is 5.81. The maximum absolute atomic E-state index is 5.93. The number of alkyl halides is 1. The molecular formula is C20H21ClN2O2S. The standard InChI is InChI=1S/C20H21ClN2O2S/c1-24-18-7-3-15(4-8-18)12-23(20-22-17(11-21)14-26-20)13-16-5-9-19(25-2)10-6-16/h3-10,14H,11-13H2,1-2H3. The maximum Gasteiger partial charge on any atom is 0.186 e. The molecule has 0 fully saturated rings. The summed E-state index contributed by atoms with van der Waals surface area (Å²) in [5.74, 6) is 2.14. The third-order valence-electron chi connectivity index (χ3n) is 4.01. The van der Waals surface area contributed by atoms with Crippen LogP contribution in [-0.2, 0) is 19.0 Å². The first kappa shape index (κ1) is 18.5. The molecule has 3 aromatic rings. The number of ether oxygens (including phenoxy) is 2. The summed E-state index contributed by atoms with van der Waals surface area (Å²) < 4.78 is 10.5. The molecule has 0 aliphatic heterocycles. The largest absolute Gasteiger partial charge is 0.497 e. The third-order valence-corrected chi connectivity index (χ3v) is 5.24. The Morgan fingerprint density at radius 2 is 1.38 bits per heavy atom. The molecule has 136 valence electrons. The average molecular weight is 389 g/mol. The Bertz CT molecular complexity index is 769. The van der Waals surface area contributed by atoms with Crippen molar-refractivity contribution in [2.45, 2.75) is 19.0 Å². The molecule has 0 aliphatic rings. The number of benzene rings is 2. The minimum absolute atomic E-state index is 0.426. The lowest BCUT2D eigenvalue weighted by Gasteiger charge is -2.22. The predicted octanol–water partition coefficient (Wildman–Crippen LogP) is 5.11. The Labute approximate surface area is 163 Å². The normalized spacial score (nSPS) is 10.6. The van der Waals surface area contributed by atoms with E-state index in [9.17, 15) is 0 Å². The highest BCUT2D eigenvalue weighted by Gasteiger charge is 2.13. The zero-order chi connectivity index (χ0) is 18.4. The molecule has 0 radical (unpaired) electrons. The van der Waals surface area contributed by atoms with Crippen molar-refractivity contribution in [2.75, 3.05) is 19.1 Å². The van der Waals surface area contributed by atoms with Crippen LogP contribution in [0.2, 0.25) is 0 Å². The molecule has 4 nitrogen and oxygen atoms in total. The lowest BCUT2D eigenvalue weighted by atomic mass is 10.1. The van der Waals surface area contributed by atoms with Crippen LogP contribution in [0.1, 0.15) is 16.8 Å². The van der Waals surface area contributed by atoms with E-state index in [1.165, 1.54) is 11.1 Å². The van der Waals surface area contributed by atoms with Crippen molar-refractivity contribution in [2.24, 2.45) is 0 Å². The van der Waals surface area contributed by atoms with Crippen LogP contribution in [-0.4, -0.2) is 19.2 Å². The molecule has 0 atom stereocenters. The Kier molecular flexibility index (Phi) is 6.36. The average Bonchev–Trinajstić information content (AvgIpc) is 3.18. The number of rotatable bonds is 8. The first-order valence-corrected chi connectivity index (χ1v) is 9.64. The molecule has 6 heteroatoms. The van der Waals surface area contributed by atoms with E-state index < -0.39 is 0 Å². The molecule has 2 aromatic carbocycles. The van der Waals surface area contributed by atoms with Gasteiger partial charge in [0.15, 0.2) is 5.13 Å². The Balaban J connectivity index is 1.82. The van der Waals surface area contributed by atoms with Gasteiger partial charge in [-0.3, -0.25) is 0 Å². The van der Waals surface area contributed by atoms with Gasteiger partial charge in [-0.2, -0.15) is 0 Å². The van der Waals surface area contributed by atoms with Crippen LogP contribution in [0.3, 0.4) is 0 Å². The van der Waals surface area contributed by atoms with Gasteiger partial charge in [0.05, 0.1) is 25.8 Å². The van der Waals surface area contributed by atoms with Crippen LogP contribution in [0, 0.1) is 0 Å². The molecular weight excluding hydrogens is 368 g/mol. The quantitative estimate of drug-likeness (QED) is 0.502. The fourth-order valence-electron chi connectivity index (χ4n) is 2.60. The number of thiazole rings is 1. The summed E-state index contributed by atoms with van der Waals surface area (Å²) in [5.41, 5.74) is 3.30. The molecule has 0 N–H and O–H groups in total. The minimum atomic E-state index is 0.426. The van der Waals surface area contributed by atoms with Crippen LogP contribution in [0.15, 0.2) is 53.9 Å². The van der Waals surface area contributed by atoms with Gasteiger partial charge in [0, 0.05) is 18.5 Å². The lowest BCUT2D eigenvalue weighted by Crippen LogP contribution is -2.22. The molecule has 0 spiro atoms. The summed E-state index contributed by atoms with van der Waals surface area (Å²) in [7, 11) is 3.35. The van der Waals surface area contributed by atoms with E-state index in [0.717, 1.165) is 35.4 Å². The van der Waals surface area contributed by atoms with Crippen LogP contribution < -0.4 is 14.4 Å². The van der Waals surface area contributed by atoms with Crippen molar-refractivity contribution in [3.8, 4) is 11.5 Å². The van der Waals surface area contributed by atoms with Gasteiger partial charge in [-0.05, 0) is 35.4 Å². The van der Waals surface area contributed by atoms with Gasteiger partial charge in [-0.15, -0.1) is 22.9 Å². The highest BCUT2D eigenvalue weighted by molar-refractivity contribution is 7.13.